The predicted octanol–water partition coefficient (Wildman–Crippen LogP) is 1.22. The molecule has 7 heteroatoms. The van der Waals surface area contributed by atoms with Gasteiger partial charge >= 0.3 is 0 Å². The van der Waals surface area contributed by atoms with Gasteiger partial charge in [-0.05, 0) is 26.0 Å². The number of rotatable bonds is 3. The highest BCUT2D eigenvalue weighted by molar-refractivity contribution is 7.92. The normalized spacial score (nSPS) is 11.4. The van der Waals surface area contributed by atoms with Crippen molar-refractivity contribution in [2.24, 2.45) is 0 Å². The number of H-pyrrole nitrogens is 1. The lowest BCUT2D eigenvalue weighted by Crippen LogP contribution is -2.14. The minimum Gasteiger partial charge on any atom is -0.332 e. The Morgan fingerprint density at radius 2 is 2.06 bits per heavy atom. The summed E-state index contributed by atoms with van der Waals surface area (Å²) in [5.41, 5.74) is 0.742. The van der Waals surface area contributed by atoms with Gasteiger partial charge in [-0.1, -0.05) is 6.07 Å². The number of pyridine rings is 1. The lowest BCUT2D eigenvalue weighted by atomic mass is 10.4. The van der Waals surface area contributed by atoms with E-state index in [0.29, 0.717) is 5.82 Å². The van der Waals surface area contributed by atoms with Crippen molar-refractivity contribution in [3.05, 3.63) is 35.9 Å². The van der Waals surface area contributed by atoms with E-state index in [0.717, 1.165) is 5.69 Å². The van der Waals surface area contributed by atoms with Gasteiger partial charge in [-0.3, -0.25) is 4.72 Å². The average molecular weight is 252 g/mol. The van der Waals surface area contributed by atoms with Crippen LogP contribution in [0.2, 0.25) is 0 Å². The molecule has 0 saturated heterocycles. The summed E-state index contributed by atoms with van der Waals surface area (Å²) in [4.78, 5) is 10.6. The fourth-order valence-corrected chi connectivity index (χ4v) is 2.30. The molecule has 0 amide bonds. The first-order valence-electron chi connectivity index (χ1n) is 4.95. The number of aromatic amines is 1. The molecular formula is C10H12N4O2S. The molecule has 0 bridgehead atoms. The van der Waals surface area contributed by atoms with Crippen LogP contribution in [0, 0.1) is 13.8 Å². The van der Waals surface area contributed by atoms with Crippen molar-refractivity contribution >= 4 is 15.8 Å². The molecule has 90 valence electrons. The van der Waals surface area contributed by atoms with Crippen LogP contribution >= 0.6 is 0 Å². The summed E-state index contributed by atoms with van der Waals surface area (Å²) in [6.07, 6.45) is 1.27. The van der Waals surface area contributed by atoms with Gasteiger partial charge in [0.1, 0.15) is 11.6 Å². The zero-order valence-corrected chi connectivity index (χ0v) is 10.2. The van der Waals surface area contributed by atoms with E-state index in [1.165, 1.54) is 6.20 Å². The van der Waals surface area contributed by atoms with E-state index < -0.39 is 10.0 Å². The average Bonchev–Trinajstić information content (AvgIpc) is 2.65. The summed E-state index contributed by atoms with van der Waals surface area (Å²) in [5, 5.41) is 0.0262. The first kappa shape index (κ1) is 11.6. The molecule has 0 radical (unpaired) electrons. The fraction of sp³-hybridized carbons (Fsp3) is 0.200. The van der Waals surface area contributed by atoms with Gasteiger partial charge in [0, 0.05) is 5.69 Å². The number of hydrogen-bond acceptors (Lipinski definition) is 4. The molecule has 0 aliphatic rings. The zero-order valence-electron chi connectivity index (χ0n) is 9.43. The van der Waals surface area contributed by atoms with Crippen LogP contribution in [0.15, 0.2) is 29.4 Å². The Labute approximate surface area is 99.2 Å². The molecular weight excluding hydrogens is 240 g/mol. The maximum absolute atomic E-state index is 11.9. The lowest BCUT2D eigenvalue weighted by Gasteiger charge is -2.05. The van der Waals surface area contributed by atoms with Crippen molar-refractivity contribution in [3.8, 4) is 0 Å². The van der Waals surface area contributed by atoms with Crippen LogP contribution in [0.5, 0.6) is 0 Å². The Balaban J connectivity index is 2.29. The molecule has 0 aliphatic heterocycles. The summed E-state index contributed by atoms with van der Waals surface area (Å²) < 4.78 is 26.2. The van der Waals surface area contributed by atoms with Crippen molar-refractivity contribution in [1.29, 1.82) is 0 Å². The number of imidazole rings is 1. The second-order valence-corrected chi connectivity index (χ2v) is 5.25. The topological polar surface area (TPSA) is 87.7 Å². The Kier molecular flexibility index (Phi) is 2.84. The summed E-state index contributed by atoms with van der Waals surface area (Å²) >= 11 is 0. The van der Waals surface area contributed by atoms with E-state index in [1.807, 2.05) is 0 Å². The molecule has 0 unspecified atom stereocenters. The first-order valence-corrected chi connectivity index (χ1v) is 6.44. The smallest absolute Gasteiger partial charge is 0.280 e. The van der Waals surface area contributed by atoms with E-state index >= 15 is 0 Å². The molecule has 6 nitrogen and oxygen atoms in total. The third kappa shape index (κ3) is 2.62. The van der Waals surface area contributed by atoms with E-state index in [1.54, 1.807) is 32.0 Å². The van der Waals surface area contributed by atoms with Crippen LogP contribution < -0.4 is 4.72 Å². The van der Waals surface area contributed by atoms with Gasteiger partial charge in [0.15, 0.2) is 5.03 Å². The number of hydrogen-bond donors (Lipinski definition) is 2. The lowest BCUT2D eigenvalue weighted by molar-refractivity contribution is 0.598. The van der Waals surface area contributed by atoms with Crippen molar-refractivity contribution in [3.63, 3.8) is 0 Å². The van der Waals surface area contributed by atoms with Crippen molar-refractivity contribution in [1.82, 2.24) is 15.0 Å². The summed E-state index contributed by atoms with van der Waals surface area (Å²) in [6.45, 7) is 3.47. The molecule has 0 spiro atoms. The molecule has 2 aromatic rings. The highest BCUT2D eigenvalue weighted by atomic mass is 32.2. The Bertz CT molecular complexity index is 633. The summed E-state index contributed by atoms with van der Waals surface area (Å²) in [5.74, 6) is 0.833. The van der Waals surface area contributed by atoms with Crippen LogP contribution in [0.1, 0.15) is 11.5 Å². The predicted molar refractivity (Wildman–Crippen MR) is 63.1 cm³/mol. The van der Waals surface area contributed by atoms with Crippen LogP contribution in [-0.4, -0.2) is 23.4 Å². The highest BCUT2D eigenvalue weighted by Gasteiger charge is 2.16. The van der Waals surface area contributed by atoms with E-state index in [4.69, 9.17) is 0 Å². The van der Waals surface area contributed by atoms with Gasteiger partial charge < -0.3 is 4.98 Å². The quantitative estimate of drug-likeness (QED) is 0.859. The molecule has 0 saturated carbocycles. The summed E-state index contributed by atoms with van der Waals surface area (Å²) in [7, 11) is -3.64. The van der Waals surface area contributed by atoms with Gasteiger partial charge in [0.25, 0.3) is 10.0 Å². The molecule has 0 atom stereocenters. The number of sulfonamides is 1. The first-order chi connectivity index (χ1) is 7.97. The molecule has 2 aromatic heterocycles. The molecule has 2 rings (SSSR count). The summed E-state index contributed by atoms with van der Waals surface area (Å²) in [6, 6.07) is 5.12. The number of nitrogens with zero attached hydrogens (tertiary/aromatic N) is 2. The zero-order chi connectivity index (χ0) is 12.5. The van der Waals surface area contributed by atoms with Gasteiger partial charge in [-0.15, -0.1) is 0 Å². The maximum Gasteiger partial charge on any atom is 0.280 e. The SMILES string of the molecule is Cc1cccc(NS(=O)(=O)c2cnc(C)[nH]2)n1. The van der Waals surface area contributed by atoms with Crippen LogP contribution in [0.3, 0.4) is 0 Å². The molecule has 0 aromatic carbocycles. The van der Waals surface area contributed by atoms with Gasteiger partial charge in [0.2, 0.25) is 0 Å². The van der Waals surface area contributed by atoms with E-state index in [2.05, 4.69) is 19.7 Å². The second-order valence-electron chi connectivity index (χ2n) is 3.60. The van der Waals surface area contributed by atoms with Crippen LogP contribution in [-0.2, 0) is 10.0 Å². The Hall–Kier alpha value is -1.89. The molecule has 2 N–H and O–H groups in total. The Morgan fingerprint density at radius 1 is 1.29 bits per heavy atom. The molecule has 0 aliphatic carbocycles. The fourth-order valence-electron chi connectivity index (χ4n) is 1.33. The van der Waals surface area contributed by atoms with Crippen LogP contribution in [0.4, 0.5) is 5.82 Å². The Morgan fingerprint density at radius 3 is 2.65 bits per heavy atom. The third-order valence-electron chi connectivity index (χ3n) is 2.10. The van der Waals surface area contributed by atoms with Crippen molar-refractivity contribution in [2.45, 2.75) is 18.9 Å². The van der Waals surface area contributed by atoms with E-state index in [-0.39, 0.29) is 10.8 Å². The molecule has 0 fully saturated rings. The van der Waals surface area contributed by atoms with Crippen LogP contribution in [0.25, 0.3) is 0 Å². The number of anilines is 1. The maximum atomic E-state index is 11.9. The van der Waals surface area contributed by atoms with E-state index in [9.17, 15) is 8.42 Å². The molecule has 2 heterocycles. The second kappa shape index (κ2) is 4.17. The standard InChI is InChI=1S/C10H12N4O2S/c1-7-4-3-5-9(12-7)14-17(15,16)10-6-11-8(2)13-10/h3-6H,1-2H3,(H,11,13)(H,12,14). The number of nitrogens with one attached hydrogen (secondary N) is 2. The largest absolute Gasteiger partial charge is 0.332 e. The third-order valence-corrected chi connectivity index (χ3v) is 3.36. The van der Waals surface area contributed by atoms with Crippen molar-refractivity contribution < 1.29 is 8.42 Å². The monoisotopic (exact) mass is 252 g/mol. The number of aryl methyl sites for hydroxylation is 2. The number of aromatic nitrogens is 3. The van der Waals surface area contributed by atoms with Gasteiger partial charge in [0.05, 0.1) is 6.20 Å². The van der Waals surface area contributed by atoms with Crippen molar-refractivity contribution in [2.75, 3.05) is 4.72 Å². The minimum absolute atomic E-state index is 0.0262. The minimum atomic E-state index is -3.64. The highest BCUT2D eigenvalue weighted by Crippen LogP contribution is 2.12. The van der Waals surface area contributed by atoms with Gasteiger partial charge in [-0.25, -0.2) is 9.97 Å². The van der Waals surface area contributed by atoms with Gasteiger partial charge in [-0.2, -0.15) is 8.42 Å². The molecule has 17 heavy (non-hydrogen) atoms.